The number of hydrogen-bond acceptors (Lipinski definition) is 3. The van der Waals surface area contributed by atoms with Crippen LogP contribution in [0, 0.1) is 0 Å². The number of halogens is 1. The molecule has 1 aromatic heterocycles. The molecule has 0 aliphatic heterocycles. The van der Waals surface area contributed by atoms with Crippen molar-refractivity contribution in [2.24, 2.45) is 0 Å². The summed E-state index contributed by atoms with van der Waals surface area (Å²) in [7, 11) is 3.39. The number of urea groups is 1. The van der Waals surface area contributed by atoms with Crippen molar-refractivity contribution in [3.63, 3.8) is 0 Å². The Kier molecular flexibility index (Phi) is 6.03. The highest BCUT2D eigenvalue weighted by atomic mass is 79.9. The molecule has 0 radical (unpaired) electrons. The first-order chi connectivity index (χ1) is 10.6. The second-order valence-corrected chi connectivity index (χ2v) is 5.70. The van der Waals surface area contributed by atoms with Crippen molar-refractivity contribution in [2.75, 3.05) is 14.2 Å². The molecule has 1 N–H and O–H groups in total. The van der Waals surface area contributed by atoms with Gasteiger partial charge in [-0.15, -0.1) is 0 Å². The largest absolute Gasteiger partial charge is 0.452 e. The van der Waals surface area contributed by atoms with Gasteiger partial charge in [-0.25, -0.2) is 4.79 Å². The minimum atomic E-state index is -0.153. The van der Waals surface area contributed by atoms with Gasteiger partial charge in [-0.2, -0.15) is 0 Å². The van der Waals surface area contributed by atoms with Crippen LogP contribution in [-0.2, 0) is 24.4 Å². The van der Waals surface area contributed by atoms with Gasteiger partial charge in [-0.1, -0.05) is 24.3 Å². The highest BCUT2D eigenvalue weighted by Gasteiger charge is 2.11. The monoisotopic (exact) mass is 366 g/mol. The molecule has 5 nitrogen and oxygen atoms in total. The third kappa shape index (κ3) is 4.61. The van der Waals surface area contributed by atoms with E-state index in [4.69, 9.17) is 9.15 Å². The van der Waals surface area contributed by atoms with Crippen molar-refractivity contribution in [1.29, 1.82) is 0 Å². The topological polar surface area (TPSA) is 54.7 Å². The van der Waals surface area contributed by atoms with Crippen molar-refractivity contribution in [3.05, 3.63) is 58.0 Å². The Morgan fingerprint density at radius 3 is 2.64 bits per heavy atom. The summed E-state index contributed by atoms with van der Waals surface area (Å²) in [6, 6.07) is 11.4. The van der Waals surface area contributed by atoms with Crippen LogP contribution in [0.5, 0.6) is 0 Å². The van der Waals surface area contributed by atoms with Gasteiger partial charge in [-0.3, -0.25) is 0 Å². The Morgan fingerprint density at radius 2 is 2.00 bits per heavy atom. The summed E-state index contributed by atoms with van der Waals surface area (Å²) < 4.78 is 11.2. The predicted octanol–water partition coefficient (Wildman–Crippen LogP) is 3.53. The average molecular weight is 367 g/mol. The molecular formula is C16H19BrN2O3. The molecule has 0 unspecified atom stereocenters. The Morgan fingerprint density at radius 1 is 1.27 bits per heavy atom. The third-order valence-electron chi connectivity index (χ3n) is 3.22. The second-order valence-electron chi connectivity index (χ2n) is 4.92. The highest BCUT2D eigenvalue weighted by molar-refractivity contribution is 9.10. The van der Waals surface area contributed by atoms with Gasteiger partial charge in [0.1, 0.15) is 5.76 Å². The Labute approximate surface area is 138 Å². The lowest BCUT2D eigenvalue weighted by molar-refractivity contribution is 0.183. The lowest BCUT2D eigenvalue weighted by atomic mass is 10.1. The number of nitrogens with one attached hydrogen (secondary N) is 1. The number of rotatable bonds is 6. The van der Waals surface area contributed by atoms with E-state index in [0.29, 0.717) is 24.4 Å². The first kappa shape index (κ1) is 16.6. The molecule has 2 rings (SSSR count). The van der Waals surface area contributed by atoms with Crippen molar-refractivity contribution in [1.82, 2.24) is 10.2 Å². The van der Waals surface area contributed by atoms with Crippen LogP contribution in [0.15, 0.2) is 45.5 Å². The number of carbonyl (C=O) groups is 1. The number of nitrogens with zero attached hydrogens (tertiary/aromatic N) is 1. The van der Waals surface area contributed by atoms with E-state index < -0.39 is 0 Å². The zero-order valence-corrected chi connectivity index (χ0v) is 14.2. The second kappa shape index (κ2) is 8.00. The number of amides is 2. The zero-order valence-electron chi connectivity index (χ0n) is 12.6. The van der Waals surface area contributed by atoms with Gasteiger partial charge in [-0.05, 0) is 39.2 Å². The summed E-state index contributed by atoms with van der Waals surface area (Å²) >= 11 is 3.25. The molecule has 118 valence electrons. The average Bonchev–Trinajstić information content (AvgIpc) is 2.91. The smallest absolute Gasteiger partial charge is 0.317 e. The third-order valence-corrected chi connectivity index (χ3v) is 3.64. The molecular weight excluding hydrogens is 348 g/mol. The number of benzene rings is 1. The van der Waals surface area contributed by atoms with Crippen LogP contribution < -0.4 is 5.32 Å². The molecule has 1 heterocycles. The van der Waals surface area contributed by atoms with Crippen LogP contribution in [0.2, 0.25) is 0 Å². The summed E-state index contributed by atoms with van der Waals surface area (Å²) in [6.45, 7) is 1.41. The van der Waals surface area contributed by atoms with E-state index in [2.05, 4.69) is 21.2 Å². The fourth-order valence-corrected chi connectivity index (χ4v) is 2.41. The lowest BCUT2D eigenvalue weighted by Gasteiger charge is -2.17. The predicted molar refractivity (Wildman–Crippen MR) is 87.3 cm³/mol. The molecule has 0 atom stereocenters. The van der Waals surface area contributed by atoms with Gasteiger partial charge in [0, 0.05) is 20.7 Å². The fraction of sp³-hybridized carbons (Fsp3) is 0.312. The number of ether oxygens (including phenoxy) is 1. The van der Waals surface area contributed by atoms with Gasteiger partial charge in [0.15, 0.2) is 4.67 Å². The summed E-state index contributed by atoms with van der Waals surface area (Å²) in [5.74, 6) is 0.726. The van der Waals surface area contributed by atoms with Crippen LogP contribution in [0.4, 0.5) is 4.79 Å². The van der Waals surface area contributed by atoms with E-state index in [9.17, 15) is 4.79 Å². The number of methoxy groups -OCH3 is 1. The normalized spacial score (nSPS) is 10.5. The lowest BCUT2D eigenvalue weighted by Crippen LogP contribution is -2.36. The van der Waals surface area contributed by atoms with Gasteiger partial charge in [0.05, 0.1) is 13.2 Å². The highest BCUT2D eigenvalue weighted by Crippen LogP contribution is 2.15. The molecule has 0 bridgehead atoms. The molecule has 1 aromatic carbocycles. The van der Waals surface area contributed by atoms with Crippen LogP contribution in [0.1, 0.15) is 16.9 Å². The molecule has 0 saturated carbocycles. The van der Waals surface area contributed by atoms with Crippen molar-refractivity contribution >= 4 is 22.0 Å². The van der Waals surface area contributed by atoms with E-state index in [1.54, 1.807) is 19.1 Å². The summed E-state index contributed by atoms with van der Waals surface area (Å²) in [6.07, 6.45) is 0. The SMILES string of the molecule is COCc1ccccc1CNC(=O)N(C)Cc1ccc(Br)o1. The van der Waals surface area contributed by atoms with Crippen LogP contribution >= 0.6 is 15.9 Å². The zero-order chi connectivity index (χ0) is 15.9. The molecule has 0 fully saturated rings. The van der Waals surface area contributed by atoms with E-state index in [1.807, 2.05) is 36.4 Å². The Hall–Kier alpha value is -1.79. The minimum absolute atomic E-state index is 0.153. The maximum absolute atomic E-state index is 12.1. The van der Waals surface area contributed by atoms with Gasteiger partial charge >= 0.3 is 6.03 Å². The first-order valence-electron chi connectivity index (χ1n) is 6.89. The van der Waals surface area contributed by atoms with Crippen LogP contribution in [0.25, 0.3) is 0 Å². The summed E-state index contributed by atoms with van der Waals surface area (Å²) in [4.78, 5) is 13.7. The van der Waals surface area contributed by atoms with Crippen molar-refractivity contribution in [3.8, 4) is 0 Å². The first-order valence-corrected chi connectivity index (χ1v) is 7.68. The van der Waals surface area contributed by atoms with E-state index in [-0.39, 0.29) is 6.03 Å². The van der Waals surface area contributed by atoms with E-state index in [0.717, 1.165) is 16.9 Å². The molecule has 6 heteroatoms. The molecule has 0 saturated heterocycles. The summed E-state index contributed by atoms with van der Waals surface area (Å²) in [5.41, 5.74) is 2.12. The quantitative estimate of drug-likeness (QED) is 0.850. The van der Waals surface area contributed by atoms with Crippen molar-refractivity contribution in [2.45, 2.75) is 19.7 Å². The number of carbonyl (C=O) groups excluding carboxylic acids is 1. The van der Waals surface area contributed by atoms with Gasteiger partial charge in [0.25, 0.3) is 0 Å². The number of hydrogen-bond donors (Lipinski definition) is 1. The summed E-state index contributed by atoms with van der Waals surface area (Å²) in [5, 5.41) is 2.90. The molecule has 22 heavy (non-hydrogen) atoms. The molecule has 2 amide bonds. The fourth-order valence-electron chi connectivity index (χ4n) is 2.07. The Bertz CT molecular complexity index is 627. The van der Waals surface area contributed by atoms with E-state index in [1.165, 1.54) is 0 Å². The van der Waals surface area contributed by atoms with Crippen molar-refractivity contribution < 1.29 is 13.9 Å². The molecule has 0 aliphatic rings. The number of furan rings is 1. The standard InChI is InChI=1S/C16H19BrN2O3/c1-19(10-14-7-8-15(17)22-14)16(20)18-9-12-5-3-4-6-13(12)11-21-2/h3-8H,9-11H2,1-2H3,(H,18,20). The van der Waals surface area contributed by atoms with Gasteiger partial charge < -0.3 is 19.4 Å². The minimum Gasteiger partial charge on any atom is -0.452 e. The molecule has 0 spiro atoms. The van der Waals surface area contributed by atoms with Crippen LogP contribution in [-0.4, -0.2) is 25.1 Å². The van der Waals surface area contributed by atoms with E-state index >= 15 is 0 Å². The Balaban J connectivity index is 1.89. The molecule has 0 aliphatic carbocycles. The van der Waals surface area contributed by atoms with Crippen LogP contribution in [0.3, 0.4) is 0 Å². The maximum atomic E-state index is 12.1. The van der Waals surface area contributed by atoms with Gasteiger partial charge in [0.2, 0.25) is 0 Å². The molecule has 2 aromatic rings. The maximum Gasteiger partial charge on any atom is 0.317 e.